The first-order valence-electron chi connectivity index (χ1n) is 7.38. The van der Waals surface area contributed by atoms with Crippen molar-refractivity contribution >= 4 is 16.5 Å². The first-order chi connectivity index (χ1) is 10.6. The summed E-state index contributed by atoms with van der Waals surface area (Å²) in [4.78, 5) is 14.3. The SMILES string of the molecule is CCn1ncc2cc(-c3cccc(N(C)C)c3)ccc2c1=O. The molecule has 0 unspecified atom stereocenters. The van der Waals surface area contributed by atoms with Crippen molar-refractivity contribution in [3.05, 3.63) is 59.0 Å². The van der Waals surface area contributed by atoms with E-state index in [2.05, 4.69) is 28.2 Å². The van der Waals surface area contributed by atoms with Crippen molar-refractivity contribution in [2.45, 2.75) is 13.5 Å². The minimum atomic E-state index is -0.0337. The summed E-state index contributed by atoms with van der Waals surface area (Å²) < 4.78 is 1.48. The number of rotatable bonds is 3. The van der Waals surface area contributed by atoms with Gasteiger partial charge in [-0.25, -0.2) is 4.68 Å². The highest BCUT2D eigenvalue weighted by atomic mass is 16.1. The Morgan fingerprint density at radius 2 is 1.86 bits per heavy atom. The lowest BCUT2D eigenvalue weighted by Gasteiger charge is -2.14. The molecule has 1 aromatic heterocycles. The Hall–Kier alpha value is -2.62. The van der Waals surface area contributed by atoms with Crippen LogP contribution in [0.4, 0.5) is 5.69 Å². The summed E-state index contributed by atoms with van der Waals surface area (Å²) in [5, 5.41) is 5.79. The maximum atomic E-state index is 12.2. The molecule has 0 N–H and O–H groups in total. The third kappa shape index (κ3) is 2.48. The predicted octanol–water partition coefficient (Wildman–Crippen LogP) is 3.15. The van der Waals surface area contributed by atoms with Crippen molar-refractivity contribution in [1.82, 2.24) is 9.78 Å². The molecule has 0 atom stereocenters. The lowest BCUT2D eigenvalue weighted by Crippen LogP contribution is -2.21. The van der Waals surface area contributed by atoms with Crippen LogP contribution in [0.1, 0.15) is 6.92 Å². The van der Waals surface area contributed by atoms with Gasteiger partial charge in [-0.05, 0) is 42.3 Å². The second-order valence-corrected chi connectivity index (χ2v) is 5.51. The number of benzene rings is 2. The van der Waals surface area contributed by atoms with Crippen LogP contribution in [0.5, 0.6) is 0 Å². The van der Waals surface area contributed by atoms with Crippen LogP contribution in [-0.4, -0.2) is 23.9 Å². The quantitative estimate of drug-likeness (QED) is 0.744. The Morgan fingerprint density at radius 3 is 2.59 bits per heavy atom. The smallest absolute Gasteiger partial charge is 0.274 e. The van der Waals surface area contributed by atoms with E-state index in [1.165, 1.54) is 4.68 Å². The first kappa shape index (κ1) is 14.3. The van der Waals surface area contributed by atoms with Crippen LogP contribution < -0.4 is 10.5 Å². The molecule has 0 amide bonds. The zero-order valence-corrected chi connectivity index (χ0v) is 13.1. The predicted molar refractivity (Wildman–Crippen MR) is 91.4 cm³/mol. The molecule has 3 rings (SSSR count). The monoisotopic (exact) mass is 293 g/mol. The molecule has 22 heavy (non-hydrogen) atoms. The van der Waals surface area contributed by atoms with Gasteiger partial charge < -0.3 is 4.90 Å². The standard InChI is InChI=1S/C18H19N3O/c1-4-21-18(22)17-9-8-14(10-15(17)12-19-21)13-6-5-7-16(11-13)20(2)3/h5-12H,4H2,1-3H3. The molecule has 0 spiro atoms. The minimum Gasteiger partial charge on any atom is -0.378 e. The number of aryl methyl sites for hydroxylation is 1. The number of hydrogen-bond donors (Lipinski definition) is 0. The highest BCUT2D eigenvalue weighted by molar-refractivity contribution is 5.86. The summed E-state index contributed by atoms with van der Waals surface area (Å²) in [5.74, 6) is 0. The third-order valence-corrected chi connectivity index (χ3v) is 3.85. The Bertz CT molecular complexity index is 881. The van der Waals surface area contributed by atoms with Gasteiger partial charge in [-0.1, -0.05) is 18.2 Å². The molecular formula is C18H19N3O. The van der Waals surface area contributed by atoms with Gasteiger partial charge in [-0.15, -0.1) is 0 Å². The maximum Gasteiger partial charge on any atom is 0.274 e. The van der Waals surface area contributed by atoms with E-state index >= 15 is 0 Å². The molecule has 0 saturated carbocycles. The van der Waals surface area contributed by atoms with Crippen LogP contribution >= 0.6 is 0 Å². The second kappa shape index (κ2) is 5.64. The van der Waals surface area contributed by atoms with Crippen molar-refractivity contribution in [3.63, 3.8) is 0 Å². The number of anilines is 1. The average molecular weight is 293 g/mol. The normalized spacial score (nSPS) is 10.9. The topological polar surface area (TPSA) is 38.1 Å². The van der Waals surface area contributed by atoms with Crippen LogP contribution in [0, 0.1) is 0 Å². The van der Waals surface area contributed by atoms with Gasteiger partial charge in [0.2, 0.25) is 0 Å². The van der Waals surface area contributed by atoms with E-state index in [9.17, 15) is 4.79 Å². The molecule has 0 fully saturated rings. The lowest BCUT2D eigenvalue weighted by molar-refractivity contribution is 0.623. The molecule has 1 heterocycles. The molecule has 4 heteroatoms. The van der Waals surface area contributed by atoms with Gasteiger partial charge in [0, 0.05) is 31.7 Å². The molecule has 2 aromatic carbocycles. The van der Waals surface area contributed by atoms with Crippen LogP contribution in [0.2, 0.25) is 0 Å². The van der Waals surface area contributed by atoms with Gasteiger partial charge in [-0.2, -0.15) is 5.10 Å². The van der Waals surface area contributed by atoms with Crippen molar-refractivity contribution in [1.29, 1.82) is 0 Å². The number of nitrogens with zero attached hydrogens (tertiary/aromatic N) is 3. The molecular weight excluding hydrogens is 274 g/mol. The van der Waals surface area contributed by atoms with Crippen molar-refractivity contribution < 1.29 is 0 Å². The summed E-state index contributed by atoms with van der Waals surface area (Å²) in [6.07, 6.45) is 1.76. The van der Waals surface area contributed by atoms with Crippen molar-refractivity contribution in [3.8, 4) is 11.1 Å². The summed E-state index contributed by atoms with van der Waals surface area (Å²) in [6, 6.07) is 14.3. The van der Waals surface area contributed by atoms with Crippen LogP contribution in [0.25, 0.3) is 21.9 Å². The molecule has 112 valence electrons. The molecule has 0 bridgehead atoms. The Labute approximate surface area is 129 Å². The molecule has 3 aromatic rings. The first-order valence-corrected chi connectivity index (χ1v) is 7.38. The highest BCUT2D eigenvalue weighted by Crippen LogP contribution is 2.26. The van der Waals surface area contributed by atoms with E-state index in [4.69, 9.17) is 0 Å². The molecule has 0 aliphatic heterocycles. The van der Waals surface area contributed by atoms with E-state index < -0.39 is 0 Å². The molecule has 0 aliphatic carbocycles. The van der Waals surface area contributed by atoms with E-state index in [1.807, 2.05) is 45.3 Å². The summed E-state index contributed by atoms with van der Waals surface area (Å²) in [7, 11) is 4.05. The largest absolute Gasteiger partial charge is 0.378 e. The van der Waals surface area contributed by atoms with Gasteiger partial charge in [-0.3, -0.25) is 4.79 Å². The fourth-order valence-corrected chi connectivity index (χ4v) is 2.56. The van der Waals surface area contributed by atoms with Crippen molar-refractivity contribution in [2.24, 2.45) is 0 Å². The van der Waals surface area contributed by atoms with E-state index in [1.54, 1.807) is 6.20 Å². The van der Waals surface area contributed by atoms with Crippen LogP contribution in [-0.2, 0) is 6.54 Å². The van der Waals surface area contributed by atoms with Crippen LogP contribution in [0.3, 0.4) is 0 Å². The highest BCUT2D eigenvalue weighted by Gasteiger charge is 2.06. The Kier molecular flexibility index (Phi) is 3.67. The van der Waals surface area contributed by atoms with Gasteiger partial charge >= 0.3 is 0 Å². The summed E-state index contributed by atoms with van der Waals surface area (Å²) >= 11 is 0. The van der Waals surface area contributed by atoms with E-state index in [0.29, 0.717) is 11.9 Å². The number of hydrogen-bond acceptors (Lipinski definition) is 3. The summed E-state index contributed by atoms with van der Waals surface area (Å²) in [6.45, 7) is 2.50. The zero-order valence-electron chi connectivity index (χ0n) is 13.1. The van der Waals surface area contributed by atoms with Gasteiger partial charge in [0.15, 0.2) is 0 Å². The third-order valence-electron chi connectivity index (χ3n) is 3.85. The van der Waals surface area contributed by atoms with Gasteiger partial charge in [0.25, 0.3) is 5.56 Å². The fraction of sp³-hybridized carbons (Fsp3) is 0.222. The number of fused-ring (bicyclic) bond motifs is 1. The molecule has 0 aliphatic rings. The Morgan fingerprint density at radius 1 is 1.09 bits per heavy atom. The van der Waals surface area contributed by atoms with E-state index in [0.717, 1.165) is 22.2 Å². The molecule has 0 radical (unpaired) electrons. The average Bonchev–Trinajstić information content (AvgIpc) is 2.55. The number of aromatic nitrogens is 2. The maximum absolute atomic E-state index is 12.2. The minimum absolute atomic E-state index is 0.0337. The fourth-order valence-electron chi connectivity index (χ4n) is 2.56. The van der Waals surface area contributed by atoms with Crippen molar-refractivity contribution in [2.75, 3.05) is 19.0 Å². The Balaban J connectivity index is 2.13. The van der Waals surface area contributed by atoms with E-state index in [-0.39, 0.29) is 5.56 Å². The van der Waals surface area contributed by atoms with Crippen LogP contribution in [0.15, 0.2) is 53.5 Å². The summed E-state index contributed by atoms with van der Waals surface area (Å²) in [5.41, 5.74) is 3.34. The van der Waals surface area contributed by atoms with Gasteiger partial charge in [0.05, 0.1) is 11.6 Å². The van der Waals surface area contributed by atoms with Gasteiger partial charge in [0.1, 0.15) is 0 Å². The molecule has 0 saturated heterocycles. The molecule has 4 nitrogen and oxygen atoms in total. The second-order valence-electron chi connectivity index (χ2n) is 5.51. The zero-order chi connectivity index (χ0) is 15.7. The lowest BCUT2D eigenvalue weighted by atomic mass is 10.0.